The minimum atomic E-state index is -0.183. The number of hydrogen-bond donors (Lipinski definition) is 2. The predicted octanol–water partition coefficient (Wildman–Crippen LogP) is 2.11. The van der Waals surface area contributed by atoms with Crippen molar-refractivity contribution >= 4 is 17.5 Å². The number of carbonyl (C=O) groups is 2. The molecule has 0 saturated heterocycles. The van der Waals surface area contributed by atoms with Crippen LogP contribution < -0.4 is 15.4 Å². The van der Waals surface area contributed by atoms with Crippen molar-refractivity contribution in [2.45, 2.75) is 39.7 Å². The molecule has 5 nitrogen and oxygen atoms in total. The highest BCUT2D eigenvalue weighted by Gasteiger charge is 2.26. The topological polar surface area (TPSA) is 67.4 Å². The molecule has 1 aliphatic rings. The summed E-state index contributed by atoms with van der Waals surface area (Å²) in [6.45, 7) is 6.08. The van der Waals surface area contributed by atoms with E-state index in [1.807, 2.05) is 39.0 Å². The van der Waals surface area contributed by atoms with Gasteiger partial charge in [0.15, 0.2) is 0 Å². The SMILES string of the molecule is CCC(=O)Nc1ccc2c(c1)C[C@H](C(=O)NC(C)C)CO2. The summed E-state index contributed by atoms with van der Waals surface area (Å²) in [4.78, 5) is 23.5. The molecule has 0 radical (unpaired) electrons. The average molecular weight is 290 g/mol. The number of benzene rings is 1. The second-order valence-electron chi connectivity index (χ2n) is 5.60. The van der Waals surface area contributed by atoms with E-state index in [-0.39, 0.29) is 23.8 Å². The molecule has 1 aliphatic heterocycles. The molecule has 21 heavy (non-hydrogen) atoms. The van der Waals surface area contributed by atoms with Crippen molar-refractivity contribution in [3.05, 3.63) is 23.8 Å². The van der Waals surface area contributed by atoms with Gasteiger partial charge in [-0.2, -0.15) is 0 Å². The van der Waals surface area contributed by atoms with Crippen LogP contribution >= 0.6 is 0 Å². The number of rotatable bonds is 4. The van der Waals surface area contributed by atoms with Crippen molar-refractivity contribution in [3.8, 4) is 5.75 Å². The summed E-state index contributed by atoms with van der Waals surface area (Å²) in [5, 5.41) is 5.73. The zero-order valence-corrected chi connectivity index (χ0v) is 12.7. The van der Waals surface area contributed by atoms with Crippen LogP contribution in [0.3, 0.4) is 0 Å². The van der Waals surface area contributed by atoms with Gasteiger partial charge in [-0.1, -0.05) is 6.92 Å². The lowest BCUT2D eigenvalue weighted by molar-refractivity contribution is -0.126. The zero-order chi connectivity index (χ0) is 15.4. The monoisotopic (exact) mass is 290 g/mol. The quantitative estimate of drug-likeness (QED) is 0.892. The summed E-state index contributed by atoms with van der Waals surface area (Å²) in [7, 11) is 0. The van der Waals surface area contributed by atoms with Gasteiger partial charge in [-0.25, -0.2) is 0 Å². The molecule has 1 atom stereocenters. The summed E-state index contributed by atoms with van der Waals surface area (Å²) >= 11 is 0. The summed E-state index contributed by atoms with van der Waals surface area (Å²) in [5.41, 5.74) is 1.70. The number of amides is 2. The largest absolute Gasteiger partial charge is 0.492 e. The van der Waals surface area contributed by atoms with Crippen LogP contribution in [0, 0.1) is 5.92 Å². The molecule has 5 heteroatoms. The number of fused-ring (bicyclic) bond motifs is 1. The van der Waals surface area contributed by atoms with Gasteiger partial charge in [0.05, 0.1) is 5.92 Å². The fourth-order valence-electron chi connectivity index (χ4n) is 2.29. The van der Waals surface area contributed by atoms with Gasteiger partial charge in [0.25, 0.3) is 0 Å². The van der Waals surface area contributed by atoms with Gasteiger partial charge in [-0.3, -0.25) is 9.59 Å². The van der Waals surface area contributed by atoms with Crippen LogP contribution in [0.15, 0.2) is 18.2 Å². The lowest BCUT2D eigenvalue weighted by atomic mass is 9.95. The number of nitrogens with one attached hydrogen (secondary N) is 2. The molecule has 0 bridgehead atoms. The first-order valence-corrected chi connectivity index (χ1v) is 7.35. The van der Waals surface area contributed by atoms with Crippen molar-refractivity contribution in [1.29, 1.82) is 0 Å². The molecular weight excluding hydrogens is 268 g/mol. The molecule has 0 spiro atoms. The maximum absolute atomic E-state index is 12.1. The Morgan fingerprint density at radius 3 is 2.81 bits per heavy atom. The highest BCUT2D eigenvalue weighted by atomic mass is 16.5. The third-order valence-electron chi connectivity index (χ3n) is 3.37. The van der Waals surface area contributed by atoms with Crippen LogP contribution in [-0.4, -0.2) is 24.5 Å². The van der Waals surface area contributed by atoms with Crippen LogP contribution in [-0.2, 0) is 16.0 Å². The fourth-order valence-corrected chi connectivity index (χ4v) is 2.29. The Balaban J connectivity index is 2.09. The predicted molar refractivity (Wildman–Crippen MR) is 81.3 cm³/mol. The lowest BCUT2D eigenvalue weighted by Crippen LogP contribution is -2.40. The Morgan fingerprint density at radius 2 is 2.14 bits per heavy atom. The molecular formula is C16H22N2O3. The van der Waals surface area contributed by atoms with E-state index in [2.05, 4.69) is 10.6 Å². The third-order valence-corrected chi connectivity index (χ3v) is 3.37. The summed E-state index contributed by atoms with van der Waals surface area (Å²) in [6, 6.07) is 5.67. The molecule has 0 fully saturated rings. The maximum Gasteiger partial charge on any atom is 0.227 e. The molecule has 0 saturated carbocycles. The standard InChI is InChI=1S/C16H22N2O3/c1-4-15(19)18-13-5-6-14-11(8-13)7-12(9-21-14)16(20)17-10(2)3/h5-6,8,10,12H,4,7,9H2,1-3H3,(H,17,20)(H,18,19)/t12-/m0/s1. The number of hydrogen-bond acceptors (Lipinski definition) is 3. The Kier molecular flexibility index (Phi) is 4.83. The number of ether oxygens (including phenoxy) is 1. The molecule has 1 aromatic rings. The second kappa shape index (κ2) is 6.61. The molecule has 1 aromatic carbocycles. The minimum Gasteiger partial charge on any atom is -0.492 e. The fraction of sp³-hybridized carbons (Fsp3) is 0.500. The Bertz CT molecular complexity index is 540. The molecule has 0 aliphatic carbocycles. The van der Waals surface area contributed by atoms with Gasteiger partial charge >= 0.3 is 0 Å². The molecule has 2 amide bonds. The third kappa shape index (κ3) is 3.97. The highest BCUT2D eigenvalue weighted by molar-refractivity contribution is 5.90. The average Bonchev–Trinajstić information content (AvgIpc) is 2.45. The summed E-state index contributed by atoms with van der Waals surface area (Å²) in [6.07, 6.45) is 1.07. The van der Waals surface area contributed by atoms with Crippen LogP contribution in [0.25, 0.3) is 0 Å². The summed E-state index contributed by atoms with van der Waals surface area (Å²) < 4.78 is 5.65. The Morgan fingerprint density at radius 1 is 1.38 bits per heavy atom. The van der Waals surface area contributed by atoms with E-state index in [1.54, 1.807) is 0 Å². The molecule has 0 unspecified atom stereocenters. The van der Waals surface area contributed by atoms with Gasteiger partial charge in [0.1, 0.15) is 12.4 Å². The van der Waals surface area contributed by atoms with E-state index in [0.29, 0.717) is 19.4 Å². The van der Waals surface area contributed by atoms with E-state index in [4.69, 9.17) is 4.74 Å². The van der Waals surface area contributed by atoms with Crippen molar-refractivity contribution in [1.82, 2.24) is 5.32 Å². The van der Waals surface area contributed by atoms with E-state index < -0.39 is 0 Å². The maximum atomic E-state index is 12.1. The van der Waals surface area contributed by atoms with Crippen LogP contribution in [0.1, 0.15) is 32.8 Å². The van der Waals surface area contributed by atoms with Crippen molar-refractivity contribution in [2.75, 3.05) is 11.9 Å². The minimum absolute atomic E-state index is 0.0126. The first-order valence-electron chi connectivity index (χ1n) is 7.35. The lowest BCUT2D eigenvalue weighted by Gasteiger charge is -2.25. The first kappa shape index (κ1) is 15.4. The highest BCUT2D eigenvalue weighted by Crippen LogP contribution is 2.30. The molecule has 0 aromatic heterocycles. The van der Waals surface area contributed by atoms with Gasteiger partial charge < -0.3 is 15.4 Å². The Labute approximate surface area is 125 Å². The molecule has 1 heterocycles. The smallest absolute Gasteiger partial charge is 0.227 e. The van der Waals surface area contributed by atoms with E-state index in [9.17, 15) is 9.59 Å². The number of carbonyl (C=O) groups excluding carboxylic acids is 2. The van der Waals surface area contributed by atoms with Crippen LogP contribution in [0.2, 0.25) is 0 Å². The van der Waals surface area contributed by atoms with Crippen LogP contribution in [0.4, 0.5) is 5.69 Å². The molecule has 2 rings (SSSR count). The first-order chi connectivity index (χ1) is 9.99. The van der Waals surface area contributed by atoms with Crippen LogP contribution in [0.5, 0.6) is 5.75 Å². The normalized spacial score (nSPS) is 16.9. The molecule has 114 valence electrons. The van der Waals surface area contributed by atoms with Crippen molar-refractivity contribution in [3.63, 3.8) is 0 Å². The van der Waals surface area contributed by atoms with E-state index in [1.165, 1.54) is 0 Å². The van der Waals surface area contributed by atoms with Gasteiger partial charge in [0.2, 0.25) is 11.8 Å². The van der Waals surface area contributed by atoms with E-state index >= 15 is 0 Å². The molecule has 2 N–H and O–H groups in total. The Hall–Kier alpha value is -2.04. The van der Waals surface area contributed by atoms with Gasteiger partial charge in [-0.15, -0.1) is 0 Å². The van der Waals surface area contributed by atoms with E-state index in [0.717, 1.165) is 17.0 Å². The number of anilines is 1. The summed E-state index contributed by atoms with van der Waals surface area (Å²) in [5.74, 6) is 0.592. The zero-order valence-electron chi connectivity index (χ0n) is 12.7. The van der Waals surface area contributed by atoms with Crippen molar-refractivity contribution in [2.24, 2.45) is 5.92 Å². The van der Waals surface area contributed by atoms with Crippen molar-refractivity contribution < 1.29 is 14.3 Å². The van der Waals surface area contributed by atoms with Gasteiger partial charge in [-0.05, 0) is 44.0 Å². The van der Waals surface area contributed by atoms with Gasteiger partial charge in [0, 0.05) is 18.2 Å². The second-order valence-corrected chi connectivity index (χ2v) is 5.60.